The molecule has 1 heterocycles. The highest BCUT2D eigenvalue weighted by Gasteiger charge is 2.17. The van der Waals surface area contributed by atoms with Crippen LogP contribution in [0.2, 0.25) is 0 Å². The minimum Gasteiger partial charge on any atom is -0.496 e. The number of para-hydroxylation sites is 1. The summed E-state index contributed by atoms with van der Waals surface area (Å²) in [4.78, 5) is 12.6. The quantitative estimate of drug-likeness (QED) is 0.302. The number of methoxy groups -OCH3 is 1. The predicted octanol–water partition coefficient (Wildman–Crippen LogP) is 6.27. The summed E-state index contributed by atoms with van der Waals surface area (Å²) < 4.78 is 17.3. The number of ether oxygens (including phenoxy) is 2. The number of allylic oxidation sites excluding steroid dienone is 1. The van der Waals surface area contributed by atoms with Gasteiger partial charge in [-0.2, -0.15) is 0 Å². The van der Waals surface area contributed by atoms with Gasteiger partial charge in [0.25, 0.3) is 0 Å². The van der Waals surface area contributed by atoms with Gasteiger partial charge in [0.05, 0.1) is 20.0 Å². The van der Waals surface area contributed by atoms with Crippen molar-refractivity contribution in [2.75, 3.05) is 20.3 Å². The van der Waals surface area contributed by atoms with Crippen molar-refractivity contribution in [3.05, 3.63) is 90.2 Å². The third kappa shape index (κ3) is 5.15. The fourth-order valence-electron chi connectivity index (χ4n) is 4.01. The predicted molar refractivity (Wildman–Crippen MR) is 136 cm³/mol. The van der Waals surface area contributed by atoms with Gasteiger partial charge in [-0.05, 0) is 43.5 Å². The van der Waals surface area contributed by atoms with Gasteiger partial charge in [0.1, 0.15) is 17.1 Å². The first kappa shape index (κ1) is 23.2. The number of amides is 1. The standard InChI is InChI=1S/C29H29NO4/c1-4-33-27-18-28-24(25(19-34-28)22-12-8-9-13-26(22)32-3)17-23(27)20(2)16-29(31)30-15-14-21-10-6-5-7-11-21/h5-13,16-19H,4,14-15H2,1-3H3,(H,30,31)/b20-16+. The van der Waals surface area contributed by atoms with Crippen LogP contribution in [-0.4, -0.2) is 26.2 Å². The molecule has 0 spiro atoms. The van der Waals surface area contributed by atoms with E-state index in [1.165, 1.54) is 5.56 Å². The Kier molecular flexibility index (Phi) is 7.33. The van der Waals surface area contributed by atoms with Crippen LogP contribution in [0.4, 0.5) is 0 Å². The molecule has 0 aliphatic carbocycles. The van der Waals surface area contributed by atoms with Crippen molar-refractivity contribution in [3.63, 3.8) is 0 Å². The van der Waals surface area contributed by atoms with Crippen molar-refractivity contribution < 1.29 is 18.7 Å². The van der Waals surface area contributed by atoms with Crippen LogP contribution in [0.25, 0.3) is 27.7 Å². The molecule has 0 atom stereocenters. The van der Waals surface area contributed by atoms with Crippen LogP contribution in [0, 0.1) is 0 Å². The molecule has 1 N–H and O–H groups in total. The number of rotatable bonds is 9. The maximum absolute atomic E-state index is 12.6. The summed E-state index contributed by atoms with van der Waals surface area (Å²) >= 11 is 0. The van der Waals surface area contributed by atoms with Gasteiger partial charge in [-0.3, -0.25) is 4.79 Å². The molecule has 34 heavy (non-hydrogen) atoms. The summed E-state index contributed by atoms with van der Waals surface area (Å²) in [5, 5.41) is 3.91. The minimum atomic E-state index is -0.131. The lowest BCUT2D eigenvalue weighted by Crippen LogP contribution is -2.23. The van der Waals surface area contributed by atoms with E-state index in [0.29, 0.717) is 24.5 Å². The third-order valence-corrected chi connectivity index (χ3v) is 5.70. The second-order valence-corrected chi connectivity index (χ2v) is 7.98. The zero-order valence-corrected chi connectivity index (χ0v) is 19.8. The fourth-order valence-corrected chi connectivity index (χ4v) is 4.01. The molecule has 5 nitrogen and oxygen atoms in total. The van der Waals surface area contributed by atoms with E-state index >= 15 is 0 Å². The van der Waals surface area contributed by atoms with E-state index in [1.54, 1.807) is 19.4 Å². The second-order valence-electron chi connectivity index (χ2n) is 7.98. The van der Waals surface area contributed by atoms with E-state index in [-0.39, 0.29) is 5.91 Å². The molecule has 0 saturated carbocycles. The van der Waals surface area contributed by atoms with E-state index in [9.17, 15) is 4.79 Å². The highest BCUT2D eigenvalue weighted by molar-refractivity contribution is 6.01. The number of hydrogen-bond acceptors (Lipinski definition) is 4. The van der Waals surface area contributed by atoms with Gasteiger partial charge in [0, 0.05) is 40.8 Å². The largest absolute Gasteiger partial charge is 0.496 e. The smallest absolute Gasteiger partial charge is 0.244 e. The van der Waals surface area contributed by atoms with Crippen LogP contribution in [-0.2, 0) is 11.2 Å². The topological polar surface area (TPSA) is 60.7 Å². The zero-order valence-electron chi connectivity index (χ0n) is 19.8. The van der Waals surface area contributed by atoms with Crippen LogP contribution in [0.5, 0.6) is 11.5 Å². The lowest BCUT2D eigenvalue weighted by atomic mass is 9.98. The molecule has 174 valence electrons. The first-order valence-electron chi connectivity index (χ1n) is 11.4. The normalized spacial score (nSPS) is 11.4. The van der Waals surface area contributed by atoms with Gasteiger partial charge in [-0.15, -0.1) is 0 Å². The Morgan fingerprint density at radius 3 is 2.53 bits per heavy atom. The average molecular weight is 456 g/mol. The summed E-state index contributed by atoms with van der Waals surface area (Å²) in [6.07, 6.45) is 4.14. The number of nitrogens with one attached hydrogen (secondary N) is 1. The van der Waals surface area contributed by atoms with Crippen molar-refractivity contribution in [2.24, 2.45) is 0 Å². The number of carbonyl (C=O) groups is 1. The van der Waals surface area contributed by atoms with Crippen molar-refractivity contribution in [1.29, 1.82) is 0 Å². The molecule has 0 fully saturated rings. The SMILES string of the molecule is CCOc1cc2occ(-c3ccccc3OC)c2cc1/C(C)=C/C(=O)NCCc1ccccc1. The molecule has 4 rings (SSSR count). The van der Waals surface area contributed by atoms with Crippen LogP contribution < -0.4 is 14.8 Å². The van der Waals surface area contributed by atoms with E-state index in [1.807, 2.05) is 68.4 Å². The molecule has 0 bridgehead atoms. The number of furan rings is 1. The number of benzene rings is 3. The fraction of sp³-hybridized carbons (Fsp3) is 0.207. The van der Waals surface area contributed by atoms with Crippen LogP contribution >= 0.6 is 0 Å². The molecule has 0 unspecified atom stereocenters. The molecule has 3 aromatic carbocycles. The maximum atomic E-state index is 12.6. The summed E-state index contributed by atoms with van der Waals surface area (Å²) in [7, 11) is 1.66. The van der Waals surface area contributed by atoms with Gasteiger partial charge < -0.3 is 19.2 Å². The summed E-state index contributed by atoms with van der Waals surface area (Å²) in [6, 6.07) is 21.8. The summed E-state index contributed by atoms with van der Waals surface area (Å²) in [6.45, 7) is 4.94. The van der Waals surface area contributed by atoms with Gasteiger partial charge in [-0.25, -0.2) is 0 Å². The molecule has 4 aromatic rings. The highest BCUT2D eigenvalue weighted by atomic mass is 16.5. The van der Waals surface area contributed by atoms with E-state index < -0.39 is 0 Å². The lowest BCUT2D eigenvalue weighted by molar-refractivity contribution is -0.116. The Labute approximate surface area is 200 Å². The Bertz CT molecular complexity index is 1300. The van der Waals surface area contributed by atoms with Gasteiger partial charge in [0.15, 0.2) is 0 Å². The molecule has 0 saturated heterocycles. The van der Waals surface area contributed by atoms with Crippen LogP contribution in [0.15, 0.2) is 83.5 Å². The van der Waals surface area contributed by atoms with Crippen LogP contribution in [0.3, 0.4) is 0 Å². The summed E-state index contributed by atoms with van der Waals surface area (Å²) in [5.74, 6) is 1.32. The van der Waals surface area contributed by atoms with Crippen molar-refractivity contribution in [3.8, 4) is 22.6 Å². The van der Waals surface area contributed by atoms with E-state index in [0.717, 1.165) is 39.8 Å². The Morgan fingerprint density at radius 2 is 1.76 bits per heavy atom. The van der Waals surface area contributed by atoms with Gasteiger partial charge in [-0.1, -0.05) is 48.5 Å². The lowest BCUT2D eigenvalue weighted by Gasteiger charge is -2.12. The minimum absolute atomic E-state index is 0.131. The van der Waals surface area contributed by atoms with Gasteiger partial charge in [0.2, 0.25) is 5.91 Å². The van der Waals surface area contributed by atoms with Crippen molar-refractivity contribution in [1.82, 2.24) is 5.32 Å². The Hall–Kier alpha value is -3.99. The van der Waals surface area contributed by atoms with Crippen molar-refractivity contribution in [2.45, 2.75) is 20.3 Å². The monoisotopic (exact) mass is 455 g/mol. The first-order chi connectivity index (χ1) is 16.6. The molecular weight excluding hydrogens is 426 g/mol. The molecule has 0 radical (unpaired) electrons. The van der Waals surface area contributed by atoms with Crippen LogP contribution in [0.1, 0.15) is 25.0 Å². The molecule has 5 heteroatoms. The molecule has 1 amide bonds. The number of fused-ring (bicyclic) bond motifs is 1. The first-order valence-corrected chi connectivity index (χ1v) is 11.4. The Morgan fingerprint density at radius 1 is 1.00 bits per heavy atom. The number of hydrogen-bond donors (Lipinski definition) is 1. The molecular formula is C29H29NO4. The van der Waals surface area contributed by atoms with Gasteiger partial charge >= 0.3 is 0 Å². The van der Waals surface area contributed by atoms with E-state index in [2.05, 4.69) is 17.4 Å². The Balaban J connectivity index is 1.63. The molecule has 0 aliphatic heterocycles. The third-order valence-electron chi connectivity index (χ3n) is 5.70. The highest BCUT2D eigenvalue weighted by Crippen LogP contribution is 2.40. The number of carbonyl (C=O) groups excluding carboxylic acids is 1. The van der Waals surface area contributed by atoms with E-state index in [4.69, 9.17) is 13.9 Å². The van der Waals surface area contributed by atoms with Crippen molar-refractivity contribution >= 4 is 22.4 Å². The molecule has 1 aromatic heterocycles. The average Bonchev–Trinajstić information content (AvgIpc) is 3.27. The molecule has 0 aliphatic rings. The zero-order chi connectivity index (χ0) is 23.9. The summed E-state index contributed by atoms with van der Waals surface area (Å²) in [5.41, 5.74) is 5.44. The maximum Gasteiger partial charge on any atom is 0.244 e. The second kappa shape index (κ2) is 10.8.